The fraction of sp³-hybridized carbons (Fsp3) is 0.190. The maximum absolute atomic E-state index is 12.8. The Morgan fingerprint density at radius 2 is 1.48 bits per heavy atom. The van der Waals surface area contributed by atoms with Gasteiger partial charge in [-0.15, -0.1) is 0 Å². The summed E-state index contributed by atoms with van der Waals surface area (Å²) < 4.78 is 0. The van der Waals surface area contributed by atoms with Crippen LogP contribution in [0.1, 0.15) is 29.8 Å². The number of aromatic nitrogens is 2. The van der Waals surface area contributed by atoms with E-state index in [1.54, 1.807) is 18.5 Å². The van der Waals surface area contributed by atoms with E-state index < -0.39 is 10.8 Å². The van der Waals surface area contributed by atoms with Crippen molar-refractivity contribution in [3.63, 3.8) is 0 Å². The first-order valence-corrected chi connectivity index (χ1v) is 8.31. The second kappa shape index (κ2) is 5.52. The lowest BCUT2D eigenvalue weighted by atomic mass is 9.85. The van der Waals surface area contributed by atoms with Gasteiger partial charge in [0.1, 0.15) is 5.82 Å². The molecule has 124 valence electrons. The number of hydrogen-bond donors (Lipinski definition) is 1. The molecule has 4 rings (SSSR count). The fourth-order valence-electron chi connectivity index (χ4n) is 4.43. The molecule has 1 fully saturated rings. The van der Waals surface area contributed by atoms with Gasteiger partial charge in [-0.25, -0.2) is 9.97 Å². The first-order valence-electron chi connectivity index (χ1n) is 8.31. The molecule has 0 radical (unpaired) electrons. The quantitative estimate of drug-likeness (QED) is 0.800. The fourth-order valence-corrected chi connectivity index (χ4v) is 4.43. The Hall–Kier alpha value is -3.01. The number of hydrogen-bond acceptors (Lipinski definition) is 3. The van der Waals surface area contributed by atoms with Crippen molar-refractivity contribution in [1.82, 2.24) is 9.97 Å². The largest absolute Gasteiger partial charge is 0.369 e. The van der Waals surface area contributed by atoms with Gasteiger partial charge >= 0.3 is 0 Å². The van der Waals surface area contributed by atoms with Crippen molar-refractivity contribution in [3.05, 3.63) is 96.1 Å². The smallest absolute Gasteiger partial charge is 0.229 e. The highest BCUT2D eigenvalue weighted by molar-refractivity contribution is 5.96. The van der Waals surface area contributed by atoms with Crippen LogP contribution in [0.25, 0.3) is 0 Å². The Morgan fingerprint density at radius 3 is 2.04 bits per heavy atom. The Balaban J connectivity index is 1.99. The van der Waals surface area contributed by atoms with Crippen molar-refractivity contribution in [1.29, 1.82) is 0 Å². The molecule has 4 heteroatoms. The zero-order chi connectivity index (χ0) is 17.5. The second-order valence-corrected chi connectivity index (χ2v) is 6.66. The minimum absolute atomic E-state index is 0.108. The normalized spacial score (nSPS) is 27.6. The van der Waals surface area contributed by atoms with E-state index in [1.165, 1.54) is 0 Å². The lowest BCUT2D eigenvalue weighted by molar-refractivity contribution is -0.121. The van der Waals surface area contributed by atoms with Crippen molar-refractivity contribution in [2.75, 3.05) is 0 Å². The van der Waals surface area contributed by atoms with Crippen LogP contribution in [0.15, 0.2) is 79.1 Å². The summed E-state index contributed by atoms with van der Waals surface area (Å²) in [5, 5.41) is 0. The number of primary amides is 1. The second-order valence-electron chi connectivity index (χ2n) is 6.66. The summed E-state index contributed by atoms with van der Waals surface area (Å²) in [7, 11) is 0. The first kappa shape index (κ1) is 15.5. The molecule has 2 aromatic carbocycles. The summed E-state index contributed by atoms with van der Waals surface area (Å²) in [6.45, 7) is 2.04. The lowest BCUT2D eigenvalue weighted by Crippen LogP contribution is -2.36. The van der Waals surface area contributed by atoms with Crippen LogP contribution in [0.5, 0.6) is 0 Å². The predicted molar refractivity (Wildman–Crippen MR) is 95.9 cm³/mol. The molecular weight excluding hydrogens is 310 g/mol. The van der Waals surface area contributed by atoms with Crippen molar-refractivity contribution in [2.45, 2.75) is 23.7 Å². The van der Waals surface area contributed by atoms with Crippen molar-refractivity contribution in [2.24, 2.45) is 5.73 Å². The Labute approximate surface area is 146 Å². The van der Waals surface area contributed by atoms with Crippen molar-refractivity contribution in [3.8, 4) is 0 Å². The van der Waals surface area contributed by atoms with Gasteiger partial charge in [0, 0.05) is 18.3 Å². The van der Waals surface area contributed by atoms with Crippen LogP contribution >= 0.6 is 0 Å². The van der Waals surface area contributed by atoms with Crippen LogP contribution in [0.3, 0.4) is 0 Å². The highest BCUT2D eigenvalue weighted by Gasteiger charge is 2.80. The van der Waals surface area contributed by atoms with Gasteiger partial charge in [0.25, 0.3) is 0 Å². The van der Waals surface area contributed by atoms with Gasteiger partial charge in [-0.2, -0.15) is 0 Å². The zero-order valence-corrected chi connectivity index (χ0v) is 14.0. The van der Waals surface area contributed by atoms with Crippen LogP contribution in [0, 0.1) is 0 Å². The number of rotatable bonds is 4. The molecule has 2 N–H and O–H groups in total. The number of benzene rings is 2. The van der Waals surface area contributed by atoms with Crippen LogP contribution in [-0.2, 0) is 15.6 Å². The molecule has 1 saturated carbocycles. The molecule has 3 atom stereocenters. The lowest BCUT2D eigenvalue weighted by Gasteiger charge is -2.19. The minimum atomic E-state index is -0.864. The number of carbonyl (C=O) groups is 1. The van der Waals surface area contributed by atoms with E-state index in [0.717, 1.165) is 11.1 Å². The minimum Gasteiger partial charge on any atom is -0.369 e. The first-order chi connectivity index (χ1) is 12.1. The Morgan fingerprint density at radius 1 is 0.920 bits per heavy atom. The number of nitrogens with zero attached hydrogens (tertiary/aromatic N) is 2. The van der Waals surface area contributed by atoms with E-state index in [0.29, 0.717) is 5.82 Å². The van der Waals surface area contributed by atoms with E-state index in [9.17, 15) is 4.79 Å². The third-order valence-electron chi connectivity index (χ3n) is 5.53. The monoisotopic (exact) mass is 329 g/mol. The maximum Gasteiger partial charge on any atom is 0.229 e. The molecule has 1 amide bonds. The average molecular weight is 329 g/mol. The van der Waals surface area contributed by atoms with E-state index >= 15 is 0 Å². The van der Waals surface area contributed by atoms with Crippen molar-refractivity contribution >= 4 is 5.91 Å². The van der Waals surface area contributed by atoms with Gasteiger partial charge in [0.2, 0.25) is 5.91 Å². The van der Waals surface area contributed by atoms with E-state index in [1.807, 2.05) is 67.6 Å². The van der Waals surface area contributed by atoms with Gasteiger partial charge in [-0.05, 0) is 17.2 Å². The van der Waals surface area contributed by atoms with Crippen LogP contribution in [0.4, 0.5) is 0 Å². The Bertz CT molecular complexity index is 898. The van der Waals surface area contributed by atoms with E-state index in [-0.39, 0.29) is 11.8 Å². The highest BCUT2D eigenvalue weighted by atomic mass is 16.1. The summed E-state index contributed by atoms with van der Waals surface area (Å²) in [5.41, 5.74) is 6.53. The number of carbonyl (C=O) groups excluding carboxylic acids is 1. The predicted octanol–water partition coefficient (Wildman–Crippen LogP) is 2.96. The summed E-state index contributed by atoms with van der Waals surface area (Å²) >= 11 is 0. The molecule has 1 aliphatic carbocycles. The van der Waals surface area contributed by atoms with Gasteiger partial charge in [0.15, 0.2) is 0 Å². The number of amides is 1. The van der Waals surface area contributed by atoms with Gasteiger partial charge in [-0.1, -0.05) is 67.6 Å². The highest BCUT2D eigenvalue weighted by Crippen LogP contribution is 2.74. The summed E-state index contributed by atoms with van der Waals surface area (Å²) in [4.78, 5) is 21.8. The molecule has 0 aliphatic heterocycles. The molecule has 1 aromatic heterocycles. The topological polar surface area (TPSA) is 68.9 Å². The third kappa shape index (κ3) is 1.97. The van der Waals surface area contributed by atoms with Gasteiger partial charge in [-0.3, -0.25) is 4.79 Å². The SMILES string of the molecule is CC1(c2ncccn2)C(c2ccccc2)C1(C(N)=O)c1ccccc1. The van der Waals surface area contributed by atoms with E-state index in [4.69, 9.17) is 5.73 Å². The summed E-state index contributed by atoms with van der Waals surface area (Å²) in [5.74, 6) is 0.192. The van der Waals surface area contributed by atoms with Crippen molar-refractivity contribution < 1.29 is 4.79 Å². The molecule has 3 unspecified atom stereocenters. The molecule has 0 bridgehead atoms. The Kier molecular flexibility index (Phi) is 3.42. The molecule has 1 heterocycles. The standard InChI is InChI=1S/C21H19N3O/c1-20(19-23-13-8-14-24-19)17(15-9-4-2-5-10-15)21(20,18(22)25)16-11-6-3-7-12-16/h2-14,17H,1H3,(H2,22,25). The molecule has 4 nitrogen and oxygen atoms in total. The van der Waals surface area contributed by atoms with Gasteiger partial charge in [0.05, 0.1) is 10.8 Å². The van der Waals surface area contributed by atoms with Crippen LogP contribution in [0.2, 0.25) is 0 Å². The molecule has 0 spiro atoms. The zero-order valence-electron chi connectivity index (χ0n) is 14.0. The van der Waals surface area contributed by atoms with Crippen LogP contribution < -0.4 is 5.73 Å². The van der Waals surface area contributed by atoms with Crippen LogP contribution in [-0.4, -0.2) is 15.9 Å². The molecular formula is C21H19N3O. The maximum atomic E-state index is 12.8. The third-order valence-corrected chi connectivity index (χ3v) is 5.53. The average Bonchev–Trinajstić information content (AvgIpc) is 3.26. The van der Waals surface area contributed by atoms with E-state index in [2.05, 4.69) is 9.97 Å². The summed E-state index contributed by atoms with van der Waals surface area (Å²) in [6.07, 6.45) is 3.43. The summed E-state index contributed by atoms with van der Waals surface area (Å²) in [6, 6.07) is 21.5. The van der Waals surface area contributed by atoms with Gasteiger partial charge < -0.3 is 5.73 Å². The number of nitrogens with two attached hydrogens (primary N) is 1. The molecule has 1 aliphatic rings. The molecule has 3 aromatic rings. The molecule has 25 heavy (non-hydrogen) atoms. The molecule has 0 saturated heterocycles.